The number of benzene rings is 3. The van der Waals surface area contributed by atoms with Crippen LogP contribution < -0.4 is 5.32 Å². The van der Waals surface area contributed by atoms with E-state index < -0.39 is 11.7 Å². The van der Waals surface area contributed by atoms with Gasteiger partial charge in [-0.1, -0.05) is 34.8 Å². The molecule has 9 heteroatoms. The Kier molecular flexibility index (Phi) is 5.58. The van der Waals surface area contributed by atoms with E-state index in [0.717, 1.165) is 0 Å². The lowest BCUT2D eigenvalue weighted by Crippen LogP contribution is -2.10. The summed E-state index contributed by atoms with van der Waals surface area (Å²) in [7, 11) is 0. The van der Waals surface area contributed by atoms with Crippen molar-refractivity contribution in [3.8, 4) is 22.8 Å². The molecule has 0 spiro atoms. The van der Waals surface area contributed by atoms with Crippen molar-refractivity contribution in [3.05, 3.63) is 93.4 Å². The van der Waals surface area contributed by atoms with Crippen molar-refractivity contribution in [2.45, 2.75) is 0 Å². The van der Waals surface area contributed by atoms with Gasteiger partial charge in [-0.15, -0.1) is 0 Å². The van der Waals surface area contributed by atoms with Crippen LogP contribution in [0.5, 0.6) is 0 Å². The number of fused-ring (bicyclic) bond motifs is 1. The highest BCUT2D eigenvalue weighted by molar-refractivity contribution is 6.36. The number of hydrogen-bond acceptors (Lipinski definition) is 4. The molecule has 0 saturated heterocycles. The minimum absolute atomic E-state index is 0.107. The van der Waals surface area contributed by atoms with E-state index in [-0.39, 0.29) is 16.7 Å². The van der Waals surface area contributed by atoms with E-state index in [1.165, 1.54) is 18.2 Å². The summed E-state index contributed by atoms with van der Waals surface area (Å²) >= 11 is 18.2. The van der Waals surface area contributed by atoms with Gasteiger partial charge in [0, 0.05) is 16.3 Å². The van der Waals surface area contributed by atoms with Gasteiger partial charge in [-0.3, -0.25) is 4.79 Å². The van der Waals surface area contributed by atoms with Crippen LogP contribution in [0.3, 0.4) is 0 Å². The zero-order valence-corrected chi connectivity index (χ0v) is 18.8. The second-order valence-electron chi connectivity index (χ2n) is 7.07. The molecule has 0 unspecified atom stereocenters. The molecule has 3 aromatic carbocycles. The van der Waals surface area contributed by atoms with Gasteiger partial charge in [-0.2, -0.15) is 0 Å². The van der Waals surface area contributed by atoms with Gasteiger partial charge < -0.3 is 14.2 Å². The molecule has 0 aliphatic carbocycles. The smallest absolute Gasteiger partial charge is 0.291 e. The van der Waals surface area contributed by atoms with Crippen LogP contribution in [0, 0.1) is 5.82 Å². The Morgan fingerprint density at radius 2 is 1.64 bits per heavy atom. The first-order valence-corrected chi connectivity index (χ1v) is 10.7. The number of halogens is 4. The molecule has 2 aromatic heterocycles. The van der Waals surface area contributed by atoms with Gasteiger partial charge >= 0.3 is 0 Å². The van der Waals surface area contributed by atoms with E-state index in [1.54, 1.807) is 48.5 Å². The van der Waals surface area contributed by atoms with Crippen molar-refractivity contribution >= 4 is 57.5 Å². The molecule has 5 nitrogen and oxygen atoms in total. The Balaban J connectivity index is 1.38. The third-order valence-electron chi connectivity index (χ3n) is 4.83. The fourth-order valence-corrected chi connectivity index (χ4v) is 4.02. The van der Waals surface area contributed by atoms with Crippen molar-refractivity contribution in [3.63, 3.8) is 0 Å². The summed E-state index contributed by atoms with van der Waals surface area (Å²) in [5.41, 5.74) is 2.55. The van der Waals surface area contributed by atoms with Crippen LogP contribution in [-0.2, 0) is 0 Å². The standard InChI is InChI=1S/C24H12Cl3FN2O3/c25-12-1-4-15(17(26)9-12)20-7-8-22(32-20)23(31)29-14-3-6-21-19(11-14)30-24(33-21)16-5-2-13(28)10-18(16)27/h1-11H,(H,29,31). The van der Waals surface area contributed by atoms with Crippen molar-refractivity contribution in [1.82, 2.24) is 4.98 Å². The number of carbonyl (C=O) groups is 1. The Morgan fingerprint density at radius 3 is 2.42 bits per heavy atom. The first-order chi connectivity index (χ1) is 15.9. The molecule has 0 atom stereocenters. The molecular weight excluding hydrogens is 490 g/mol. The maximum Gasteiger partial charge on any atom is 0.291 e. The molecule has 0 aliphatic rings. The minimum Gasteiger partial charge on any atom is -0.451 e. The summed E-state index contributed by atoms with van der Waals surface area (Å²) in [5, 5.41) is 3.86. The molecule has 33 heavy (non-hydrogen) atoms. The lowest BCUT2D eigenvalue weighted by Gasteiger charge is -2.03. The lowest BCUT2D eigenvalue weighted by molar-refractivity contribution is 0.0997. The van der Waals surface area contributed by atoms with Crippen LogP contribution in [0.4, 0.5) is 10.1 Å². The quantitative estimate of drug-likeness (QED) is 0.270. The lowest BCUT2D eigenvalue weighted by atomic mass is 10.2. The van der Waals surface area contributed by atoms with Gasteiger partial charge in [0.25, 0.3) is 5.91 Å². The van der Waals surface area contributed by atoms with Crippen LogP contribution in [-0.4, -0.2) is 10.9 Å². The summed E-state index contributed by atoms with van der Waals surface area (Å²) in [6.07, 6.45) is 0. The van der Waals surface area contributed by atoms with Gasteiger partial charge in [0.1, 0.15) is 17.1 Å². The minimum atomic E-state index is -0.454. The maximum absolute atomic E-state index is 13.3. The summed E-state index contributed by atoms with van der Waals surface area (Å²) in [6.45, 7) is 0. The predicted octanol–water partition coefficient (Wildman–Crippen LogP) is 8.11. The van der Waals surface area contributed by atoms with Crippen LogP contribution in [0.15, 0.2) is 75.6 Å². The fourth-order valence-electron chi connectivity index (χ4n) is 3.27. The summed E-state index contributed by atoms with van der Waals surface area (Å²) in [6, 6.07) is 17.2. The van der Waals surface area contributed by atoms with Crippen molar-refractivity contribution in [1.29, 1.82) is 0 Å². The first kappa shape index (κ1) is 21.5. The zero-order chi connectivity index (χ0) is 23.1. The second-order valence-corrected chi connectivity index (χ2v) is 8.32. The molecule has 2 heterocycles. The molecular formula is C24H12Cl3FN2O3. The Morgan fingerprint density at radius 1 is 0.848 bits per heavy atom. The normalized spacial score (nSPS) is 11.2. The Labute approximate surface area is 201 Å². The van der Waals surface area contributed by atoms with Crippen LogP contribution in [0.1, 0.15) is 10.6 Å². The molecule has 164 valence electrons. The molecule has 0 aliphatic heterocycles. The first-order valence-electron chi connectivity index (χ1n) is 9.60. The highest BCUT2D eigenvalue weighted by Gasteiger charge is 2.16. The molecule has 5 rings (SSSR count). The number of nitrogens with one attached hydrogen (secondary N) is 1. The number of furan rings is 1. The average Bonchev–Trinajstić information content (AvgIpc) is 3.41. The number of aromatic nitrogens is 1. The number of oxazole rings is 1. The number of amides is 1. The largest absolute Gasteiger partial charge is 0.451 e. The number of hydrogen-bond donors (Lipinski definition) is 1. The summed E-state index contributed by atoms with van der Waals surface area (Å²) < 4.78 is 24.7. The van der Waals surface area contributed by atoms with E-state index in [1.807, 2.05) is 0 Å². The Hall–Kier alpha value is -3.32. The molecule has 0 bridgehead atoms. The number of rotatable bonds is 4. The van der Waals surface area contributed by atoms with Crippen molar-refractivity contribution < 1.29 is 18.0 Å². The number of carbonyl (C=O) groups excluding carboxylic acids is 1. The van der Waals surface area contributed by atoms with E-state index in [2.05, 4.69) is 10.3 Å². The maximum atomic E-state index is 13.3. The van der Waals surface area contributed by atoms with Crippen LogP contribution in [0.2, 0.25) is 15.1 Å². The monoisotopic (exact) mass is 500 g/mol. The van der Waals surface area contributed by atoms with Gasteiger partial charge in [-0.05, 0) is 66.7 Å². The predicted molar refractivity (Wildman–Crippen MR) is 127 cm³/mol. The van der Waals surface area contributed by atoms with Crippen molar-refractivity contribution in [2.24, 2.45) is 0 Å². The second kappa shape index (κ2) is 8.56. The molecule has 0 fully saturated rings. The zero-order valence-electron chi connectivity index (χ0n) is 16.5. The molecule has 0 radical (unpaired) electrons. The third kappa shape index (κ3) is 4.33. The van der Waals surface area contributed by atoms with E-state index in [9.17, 15) is 9.18 Å². The van der Waals surface area contributed by atoms with E-state index >= 15 is 0 Å². The topological polar surface area (TPSA) is 68.3 Å². The number of nitrogens with zero attached hydrogens (tertiary/aromatic N) is 1. The highest BCUT2D eigenvalue weighted by atomic mass is 35.5. The Bertz CT molecular complexity index is 1530. The SMILES string of the molecule is O=C(Nc1ccc2oc(-c3ccc(F)cc3Cl)nc2c1)c1ccc(-c2ccc(Cl)cc2Cl)o1. The van der Waals surface area contributed by atoms with E-state index in [4.69, 9.17) is 43.6 Å². The molecule has 1 amide bonds. The summed E-state index contributed by atoms with van der Waals surface area (Å²) in [4.78, 5) is 17.1. The average molecular weight is 502 g/mol. The highest BCUT2D eigenvalue weighted by Crippen LogP contribution is 2.33. The van der Waals surface area contributed by atoms with Gasteiger partial charge in [0.2, 0.25) is 5.89 Å². The molecule has 0 saturated carbocycles. The van der Waals surface area contributed by atoms with Crippen LogP contribution >= 0.6 is 34.8 Å². The molecule has 1 N–H and O–H groups in total. The van der Waals surface area contributed by atoms with Crippen molar-refractivity contribution in [2.75, 3.05) is 5.32 Å². The summed E-state index contributed by atoms with van der Waals surface area (Å²) in [5.74, 6) is -0.112. The van der Waals surface area contributed by atoms with Gasteiger partial charge in [0.15, 0.2) is 11.3 Å². The van der Waals surface area contributed by atoms with E-state index in [0.29, 0.717) is 43.7 Å². The fraction of sp³-hybridized carbons (Fsp3) is 0. The third-order valence-corrected chi connectivity index (χ3v) is 5.69. The molecule has 5 aromatic rings. The van der Waals surface area contributed by atoms with Crippen LogP contribution in [0.25, 0.3) is 33.9 Å². The number of anilines is 1. The van der Waals surface area contributed by atoms with Gasteiger partial charge in [-0.25, -0.2) is 9.37 Å². The van der Waals surface area contributed by atoms with Gasteiger partial charge in [0.05, 0.1) is 15.6 Å².